The number of sulfone groups is 1. The van der Waals surface area contributed by atoms with Crippen LogP contribution in [-0.4, -0.2) is 65.7 Å². The largest absolute Gasteiger partial charge is 0.357 e. The highest BCUT2D eigenvalue weighted by Crippen LogP contribution is 2.23. The topological polar surface area (TPSA) is 79.6 Å². The zero-order valence-electron chi connectivity index (χ0n) is 15.5. The first-order valence-corrected chi connectivity index (χ1v) is 10.1. The third kappa shape index (κ3) is 5.83. The molecule has 25 heavy (non-hydrogen) atoms. The first-order valence-electron chi connectivity index (χ1n) is 8.48. The van der Waals surface area contributed by atoms with Gasteiger partial charge in [0.25, 0.3) is 0 Å². The summed E-state index contributed by atoms with van der Waals surface area (Å²) in [5, 5.41) is 7.45. The molecule has 144 valence electrons. The summed E-state index contributed by atoms with van der Waals surface area (Å²) in [4.78, 5) is 6.75. The molecular weight excluding hydrogens is 453 g/mol. The summed E-state index contributed by atoms with van der Waals surface area (Å²) in [5.41, 5.74) is 1.21. The van der Waals surface area contributed by atoms with Gasteiger partial charge in [-0.15, -0.1) is 24.0 Å². The van der Waals surface area contributed by atoms with E-state index in [1.165, 1.54) is 5.56 Å². The summed E-state index contributed by atoms with van der Waals surface area (Å²) in [7, 11) is -1.12. The number of aromatic nitrogens is 2. The molecule has 0 atom stereocenters. The molecule has 1 aliphatic heterocycles. The van der Waals surface area contributed by atoms with E-state index in [1.54, 1.807) is 18.5 Å². The van der Waals surface area contributed by atoms with Crippen LogP contribution in [-0.2, 0) is 23.3 Å². The third-order valence-electron chi connectivity index (χ3n) is 4.32. The fraction of sp³-hybridized carbons (Fsp3) is 0.750. The zero-order valence-corrected chi connectivity index (χ0v) is 18.7. The molecule has 2 heterocycles. The molecule has 0 unspecified atom stereocenters. The van der Waals surface area contributed by atoms with E-state index < -0.39 is 14.6 Å². The minimum absolute atomic E-state index is 0. The van der Waals surface area contributed by atoms with E-state index >= 15 is 0 Å². The average Bonchev–Trinajstić information content (AvgIpc) is 2.91. The third-order valence-corrected chi connectivity index (χ3v) is 6.85. The number of rotatable bonds is 5. The Balaban J connectivity index is 0.00000312. The predicted octanol–water partition coefficient (Wildman–Crippen LogP) is 1.45. The molecule has 0 amide bonds. The van der Waals surface area contributed by atoms with Crippen LogP contribution in [0.1, 0.15) is 32.8 Å². The molecule has 0 saturated carbocycles. The lowest BCUT2D eigenvalue weighted by Gasteiger charge is -2.39. The fourth-order valence-electron chi connectivity index (χ4n) is 2.82. The van der Waals surface area contributed by atoms with Crippen LogP contribution in [0.4, 0.5) is 0 Å². The second kappa shape index (κ2) is 9.20. The van der Waals surface area contributed by atoms with Crippen molar-refractivity contribution in [1.82, 2.24) is 20.0 Å². The second-order valence-electron chi connectivity index (χ2n) is 6.86. The monoisotopic (exact) mass is 483 g/mol. The molecule has 9 heteroatoms. The number of halogens is 1. The molecule has 1 fully saturated rings. The van der Waals surface area contributed by atoms with E-state index in [1.807, 2.05) is 26.4 Å². The van der Waals surface area contributed by atoms with Crippen molar-refractivity contribution < 1.29 is 8.42 Å². The number of nitrogens with one attached hydrogen (secondary N) is 1. The van der Waals surface area contributed by atoms with E-state index in [-0.39, 0.29) is 29.7 Å². The molecule has 0 spiro atoms. The maximum absolute atomic E-state index is 12.2. The van der Waals surface area contributed by atoms with Crippen LogP contribution >= 0.6 is 24.0 Å². The van der Waals surface area contributed by atoms with Crippen LogP contribution in [0, 0.1) is 0 Å². The molecule has 2 rings (SSSR count). The highest BCUT2D eigenvalue weighted by atomic mass is 127. The van der Waals surface area contributed by atoms with Crippen molar-refractivity contribution in [1.29, 1.82) is 0 Å². The molecule has 0 aromatic carbocycles. The Morgan fingerprint density at radius 2 is 2.16 bits per heavy atom. The summed E-state index contributed by atoms with van der Waals surface area (Å²) < 4.78 is 25.4. The molecule has 1 N–H and O–H groups in total. The van der Waals surface area contributed by atoms with Crippen molar-refractivity contribution >= 4 is 39.8 Å². The van der Waals surface area contributed by atoms with Gasteiger partial charge < -0.3 is 10.2 Å². The predicted molar refractivity (Wildman–Crippen MR) is 112 cm³/mol. The van der Waals surface area contributed by atoms with Gasteiger partial charge in [-0.25, -0.2) is 8.42 Å². The molecule has 7 nitrogen and oxygen atoms in total. The second-order valence-corrected chi connectivity index (χ2v) is 9.60. The maximum Gasteiger partial charge on any atom is 0.193 e. The van der Waals surface area contributed by atoms with Crippen molar-refractivity contribution in [2.24, 2.45) is 12.0 Å². The Kier molecular flexibility index (Phi) is 8.17. The Bertz CT molecular complexity index is 684. The van der Waals surface area contributed by atoms with Crippen LogP contribution in [0.5, 0.6) is 0 Å². The van der Waals surface area contributed by atoms with Gasteiger partial charge in [-0.05, 0) is 39.2 Å². The van der Waals surface area contributed by atoms with E-state index in [9.17, 15) is 8.42 Å². The molecule has 1 saturated heterocycles. The summed E-state index contributed by atoms with van der Waals surface area (Å²) >= 11 is 0. The first-order chi connectivity index (χ1) is 11.2. The lowest BCUT2D eigenvalue weighted by atomic mass is 10.2. The quantitative estimate of drug-likeness (QED) is 0.297. The van der Waals surface area contributed by atoms with E-state index in [2.05, 4.69) is 20.3 Å². The van der Waals surface area contributed by atoms with Crippen molar-refractivity contribution in [3.05, 3.63) is 18.0 Å². The van der Waals surface area contributed by atoms with Gasteiger partial charge in [0, 0.05) is 39.4 Å². The number of aryl methyl sites for hydroxylation is 2. The smallest absolute Gasteiger partial charge is 0.193 e. The van der Waals surface area contributed by atoms with Gasteiger partial charge in [-0.3, -0.25) is 9.67 Å². The standard InChI is InChI=1S/C16H29N5O2S.HI/c1-5-17-15(18-8-6-7-14-11-19-20(4)12-14)21-9-10-24(22,23)16(2,3)13-21;/h11-12H,5-10,13H2,1-4H3,(H,17,18);1H. The Labute approximate surface area is 168 Å². The summed E-state index contributed by atoms with van der Waals surface area (Å²) in [5.74, 6) is 0.992. The van der Waals surface area contributed by atoms with Crippen LogP contribution in [0.3, 0.4) is 0 Å². The molecule has 1 aromatic rings. The van der Waals surface area contributed by atoms with Crippen molar-refractivity contribution in [2.75, 3.05) is 31.9 Å². The van der Waals surface area contributed by atoms with Crippen LogP contribution < -0.4 is 5.32 Å². The number of guanidine groups is 1. The van der Waals surface area contributed by atoms with Gasteiger partial charge in [0.1, 0.15) is 0 Å². The molecule has 1 aromatic heterocycles. The summed E-state index contributed by atoms with van der Waals surface area (Å²) in [6.07, 6.45) is 5.78. The molecule has 0 radical (unpaired) electrons. The zero-order chi connectivity index (χ0) is 17.8. The Hall–Kier alpha value is -0.840. The molecule has 0 aliphatic carbocycles. The Morgan fingerprint density at radius 1 is 1.44 bits per heavy atom. The van der Waals surface area contributed by atoms with Crippen molar-refractivity contribution in [2.45, 2.75) is 38.4 Å². The molecule has 1 aliphatic rings. The van der Waals surface area contributed by atoms with Gasteiger partial charge in [0.2, 0.25) is 0 Å². The molecular formula is C16H30IN5O2S. The van der Waals surface area contributed by atoms with Crippen LogP contribution in [0.2, 0.25) is 0 Å². The van der Waals surface area contributed by atoms with Gasteiger partial charge in [0.15, 0.2) is 15.8 Å². The number of aliphatic imine (C=N–C) groups is 1. The van der Waals surface area contributed by atoms with Crippen LogP contribution in [0.25, 0.3) is 0 Å². The fourth-order valence-corrected chi connectivity index (χ4v) is 4.19. The Morgan fingerprint density at radius 3 is 2.72 bits per heavy atom. The van der Waals surface area contributed by atoms with Gasteiger partial charge >= 0.3 is 0 Å². The highest BCUT2D eigenvalue weighted by Gasteiger charge is 2.40. The van der Waals surface area contributed by atoms with Gasteiger partial charge in [-0.2, -0.15) is 5.10 Å². The minimum atomic E-state index is -3.03. The lowest BCUT2D eigenvalue weighted by molar-refractivity contribution is 0.353. The number of hydrogen-bond donors (Lipinski definition) is 1. The normalized spacial score (nSPS) is 19.4. The SMILES string of the molecule is CCNC(=NCCCc1cnn(C)c1)N1CCS(=O)(=O)C(C)(C)C1.I. The first kappa shape index (κ1) is 22.2. The molecule has 0 bridgehead atoms. The average molecular weight is 483 g/mol. The van der Waals surface area contributed by atoms with E-state index in [0.29, 0.717) is 19.6 Å². The van der Waals surface area contributed by atoms with E-state index in [4.69, 9.17) is 0 Å². The highest BCUT2D eigenvalue weighted by molar-refractivity contribution is 14.0. The van der Waals surface area contributed by atoms with Crippen molar-refractivity contribution in [3.8, 4) is 0 Å². The maximum atomic E-state index is 12.2. The van der Waals surface area contributed by atoms with Gasteiger partial charge in [0.05, 0.1) is 16.7 Å². The minimum Gasteiger partial charge on any atom is -0.357 e. The number of nitrogens with zero attached hydrogens (tertiary/aromatic N) is 4. The summed E-state index contributed by atoms with van der Waals surface area (Å²) in [6, 6.07) is 0. The van der Waals surface area contributed by atoms with Gasteiger partial charge in [-0.1, -0.05) is 0 Å². The van der Waals surface area contributed by atoms with Crippen molar-refractivity contribution in [3.63, 3.8) is 0 Å². The van der Waals surface area contributed by atoms with Crippen LogP contribution in [0.15, 0.2) is 17.4 Å². The lowest BCUT2D eigenvalue weighted by Crippen LogP contribution is -2.57. The van der Waals surface area contributed by atoms with E-state index in [0.717, 1.165) is 25.3 Å². The number of hydrogen-bond acceptors (Lipinski definition) is 4. The summed E-state index contributed by atoms with van der Waals surface area (Å²) in [6.45, 7) is 8.06.